The normalized spacial score (nSPS) is 8.10. The van der Waals surface area contributed by atoms with Gasteiger partial charge in [-0.05, 0) is 11.8 Å². The van der Waals surface area contributed by atoms with Crippen LogP contribution in [0, 0.1) is 36.8 Å². The molecule has 0 radical (unpaired) electrons. The Hall–Kier alpha value is -3.46. The molecule has 0 saturated carbocycles. The first-order valence-electron chi connectivity index (χ1n) is 5.80. The van der Waals surface area contributed by atoms with Gasteiger partial charge in [0.2, 0.25) is 11.4 Å². The standard InChI is InChI=1S/C18H8N2/c1-19-17-13-7-5-11-15(17)9-3-4-10-16-12-6-8-14-18(16)20-2/h5-8,11-14H. The zero-order valence-corrected chi connectivity index (χ0v) is 10.5. The molecule has 2 rings (SSSR count). The van der Waals surface area contributed by atoms with Gasteiger partial charge in [0.1, 0.15) is 0 Å². The molecule has 0 aliphatic heterocycles. The van der Waals surface area contributed by atoms with E-state index in [2.05, 4.69) is 33.4 Å². The van der Waals surface area contributed by atoms with Crippen LogP contribution in [0.25, 0.3) is 9.69 Å². The van der Waals surface area contributed by atoms with Crippen LogP contribution in [-0.2, 0) is 0 Å². The summed E-state index contributed by atoms with van der Waals surface area (Å²) >= 11 is 0. The van der Waals surface area contributed by atoms with Crippen LogP contribution in [0.15, 0.2) is 48.5 Å². The summed E-state index contributed by atoms with van der Waals surface area (Å²) in [4.78, 5) is 6.79. The number of nitrogens with zero attached hydrogens (tertiary/aromatic N) is 2. The highest BCUT2D eigenvalue weighted by atomic mass is 14.6. The summed E-state index contributed by atoms with van der Waals surface area (Å²) in [5, 5.41) is 0. The van der Waals surface area contributed by atoms with Gasteiger partial charge in [-0.1, -0.05) is 60.4 Å². The first kappa shape index (κ1) is 13.0. The van der Waals surface area contributed by atoms with E-state index in [0.29, 0.717) is 22.5 Å². The largest absolute Gasteiger partial charge is 0.237 e. The first-order valence-corrected chi connectivity index (χ1v) is 5.80. The molecule has 0 unspecified atom stereocenters. The Labute approximate surface area is 118 Å². The van der Waals surface area contributed by atoms with Crippen LogP contribution in [0.5, 0.6) is 0 Å². The van der Waals surface area contributed by atoms with Gasteiger partial charge in [-0.25, -0.2) is 9.69 Å². The van der Waals surface area contributed by atoms with E-state index in [1.807, 2.05) is 12.1 Å². The topological polar surface area (TPSA) is 8.72 Å². The quantitative estimate of drug-likeness (QED) is 0.491. The molecule has 2 aromatic carbocycles. The van der Waals surface area contributed by atoms with E-state index in [0.717, 1.165) is 0 Å². The molecule has 0 saturated heterocycles. The summed E-state index contributed by atoms with van der Waals surface area (Å²) in [6.45, 7) is 14.1. The Kier molecular flexibility index (Phi) is 4.20. The summed E-state index contributed by atoms with van der Waals surface area (Å²) in [5.41, 5.74) is 2.36. The second kappa shape index (κ2) is 6.47. The van der Waals surface area contributed by atoms with E-state index in [1.165, 1.54) is 0 Å². The summed E-state index contributed by atoms with van der Waals surface area (Å²) in [6.07, 6.45) is 0. The minimum Gasteiger partial charge on any atom is -0.237 e. The Morgan fingerprint density at radius 3 is 1.45 bits per heavy atom. The van der Waals surface area contributed by atoms with Gasteiger partial charge in [-0.15, -0.1) is 0 Å². The highest BCUT2D eigenvalue weighted by Crippen LogP contribution is 2.17. The molecule has 90 valence electrons. The first-order chi connectivity index (χ1) is 9.85. The second-order valence-electron chi connectivity index (χ2n) is 3.76. The lowest BCUT2D eigenvalue weighted by Crippen LogP contribution is -1.74. The monoisotopic (exact) mass is 252 g/mol. The molecule has 0 aromatic heterocycles. The maximum atomic E-state index is 7.04. The van der Waals surface area contributed by atoms with Gasteiger partial charge in [-0.2, -0.15) is 0 Å². The fraction of sp³-hybridized carbons (Fsp3) is 0. The molecule has 20 heavy (non-hydrogen) atoms. The second-order valence-corrected chi connectivity index (χ2v) is 3.76. The number of para-hydroxylation sites is 2. The van der Waals surface area contributed by atoms with E-state index < -0.39 is 0 Å². The van der Waals surface area contributed by atoms with Crippen LogP contribution in [-0.4, -0.2) is 0 Å². The molecule has 0 heterocycles. The van der Waals surface area contributed by atoms with Crippen molar-refractivity contribution in [2.45, 2.75) is 0 Å². The molecule has 0 amide bonds. The third kappa shape index (κ3) is 3.05. The number of rotatable bonds is 0. The predicted molar refractivity (Wildman–Crippen MR) is 79.2 cm³/mol. The average molecular weight is 252 g/mol. The lowest BCUT2D eigenvalue weighted by atomic mass is 10.2. The molecular weight excluding hydrogens is 244 g/mol. The van der Waals surface area contributed by atoms with Crippen LogP contribution < -0.4 is 0 Å². The van der Waals surface area contributed by atoms with Crippen LogP contribution in [0.3, 0.4) is 0 Å². The fourth-order valence-corrected chi connectivity index (χ4v) is 1.55. The lowest BCUT2D eigenvalue weighted by Gasteiger charge is -1.92. The van der Waals surface area contributed by atoms with Gasteiger partial charge >= 0.3 is 0 Å². The van der Waals surface area contributed by atoms with Gasteiger partial charge in [0.15, 0.2) is 0 Å². The van der Waals surface area contributed by atoms with E-state index in [4.69, 9.17) is 13.1 Å². The minimum absolute atomic E-state index is 0.517. The highest BCUT2D eigenvalue weighted by molar-refractivity contribution is 5.63. The van der Waals surface area contributed by atoms with Gasteiger partial charge in [0.05, 0.1) is 13.1 Å². The van der Waals surface area contributed by atoms with E-state index in [-0.39, 0.29) is 0 Å². The summed E-state index contributed by atoms with van der Waals surface area (Å²) in [7, 11) is 0. The van der Waals surface area contributed by atoms with Crippen LogP contribution in [0.1, 0.15) is 11.1 Å². The van der Waals surface area contributed by atoms with Crippen molar-refractivity contribution in [3.05, 3.63) is 82.5 Å². The maximum absolute atomic E-state index is 7.04. The van der Waals surface area contributed by atoms with E-state index in [1.54, 1.807) is 36.4 Å². The van der Waals surface area contributed by atoms with Crippen molar-refractivity contribution < 1.29 is 0 Å². The van der Waals surface area contributed by atoms with Crippen molar-refractivity contribution in [1.82, 2.24) is 0 Å². The molecular formula is C18H8N2. The number of hydrogen-bond acceptors (Lipinski definition) is 0. The minimum atomic E-state index is 0.517. The molecule has 2 heteroatoms. The smallest absolute Gasteiger partial charge is 0.202 e. The van der Waals surface area contributed by atoms with Crippen molar-refractivity contribution >= 4 is 11.4 Å². The third-order valence-corrected chi connectivity index (χ3v) is 2.51. The number of benzene rings is 2. The predicted octanol–water partition coefficient (Wildman–Crippen LogP) is 4.19. The Balaban J connectivity index is 2.28. The molecule has 0 bridgehead atoms. The summed E-state index contributed by atoms with van der Waals surface area (Å²) in [5.74, 6) is 11.2. The van der Waals surface area contributed by atoms with Gasteiger partial charge < -0.3 is 0 Å². The Morgan fingerprint density at radius 2 is 1.05 bits per heavy atom. The Morgan fingerprint density at radius 1 is 0.650 bits per heavy atom. The lowest BCUT2D eigenvalue weighted by molar-refractivity contribution is 1.65. The molecule has 2 nitrogen and oxygen atoms in total. The molecule has 0 aliphatic carbocycles. The van der Waals surface area contributed by atoms with Crippen molar-refractivity contribution in [1.29, 1.82) is 0 Å². The third-order valence-electron chi connectivity index (χ3n) is 2.51. The molecule has 0 fully saturated rings. The highest BCUT2D eigenvalue weighted by Gasteiger charge is 1.96. The van der Waals surface area contributed by atoms with Gasteiger partial charge in [-0.3, -0.25) is 0 Å². The SMILES string of the molecule is [C-]#[N+]c1ccccc1C#CC#Cc1ccccc1[N+]#[C-]. The molecule has 0 aliphatic rings. The number of hydrogen-bond donors (Lipinski definition) is 0. The van der Waals surface area contributed by atoms with Crippen molar-refractivity contribution in [2.75, 3.05) is 0 Å². The summed E-state index contributed by atoms with van der Waals surface area (Å²) < 4.78 is 0. The van der Waals surface area contributed by atoms with Crippen LogP contribution >= 0.6 is 0 Å². The fourth-order valence-electron chi connectivity index (χ4n) is 1.55. The van der Waals surface area contributed by atoms with E-state index in [9.17, 15) is 0 Å². The molecule has 0 N–H and O–H groups in total. The summed E-state index contributed by atoms with van der Waals surface area (Å²) in [6, 6.07) is 14.3. The molecule has 0 atom stereocenters. The van der Waals surface area contributed by atoms with E-state index >= 15 is 0 Å². The molecule has 0 spiro atoms. The van der Waals surface area contributed by atoms with Gasteiger partial charge in [0, 0.05) is 11.1 Å². The maximum Gasteiger partial charge on any atom is 0.202 e. The van der Waals surface area contributed by atoms with Crippen LogP contribution in [0.2, 0.25) is 0 Å². The zero-order chi connectivity index (χ0) is 14.2. The van der Waals surface area contributed by atoms with Crippen LogP contribution in [0.4, 0.5) is 11.4 Å². The van der Waals surface area contributed by atoms with Crippen molar-refractivity contribution in [2.24, 2.45) is 0 Å². The zero-order valence-electron chi connectivity index (χ0n) is 10.5. The van der Waals surface area contributed by atoms with Crippen molar-refractivity contribution in [3.63, 3.8) is 0 Å². The average Bonchev–Trinajstić information content (AvgIpc) is 2.52. The van der Waals surface area contributed by atoms with Crippen molar-refractivity contribution in [3.8, 4) is 23.7 Å². The van der Waals surface area contributed by atoms with Gasteiger partial charge in [0.25, 0.3) is 0 Å². The molecule has 2 aromatic rings. The Bertz CT molecular complexity index is 767.